The Kier molecular flexibility index (Phi) is 5.18. The summed E-state index contributed by atoms with van der Waals surface area (Å²) >= 11 is 19.4. The molecule has 0 fully saturated rings. The zero-order chi connectivity index (χ0) is 14.0. The lowest BCUT2D eigenvalue weighted by molar-refractivity contribution is 0.412. The second-order valence-corrected chi connectivity index (χ2v) is 6.60. The third kappa shape index (κ3) is 3.66. The average molecular weight is 425 g/mol. The molecule has 1 nitrogen and oxygen atoms in total. The molecule has 1 atom stereocenters. The zero-order valence-corrected chi connectivity index (χ0v) is 14.6. The molecule has 0 aliphatic carbocycles. The van der Waals surface area contributed by atoms with Gasteiger partial charge in [-0.1, -0.05) is 33.6 Å². The quantitative estimate of drug-likeness (QED) is 0.533. The van der Waals surface area contributed by atoms with Crippen LogP contribution in [0.15, 0.2) is 45.3 Å². The van der Waals surface area contributed by atoms with Crippen molar-refractivity contribution in [1.29, 1.82) is 0 Å². The molecular formula is C14H10Br2Cl2O. The number of hydrogen-bond acceptors (Lipinski definition) is 1. The molecule has 0 radical (unpaired) electrons. The lowest BCUT2D eigenvalue weighted by Gasteiger charge is -2.13. The van der Waals surface area contributed by atoms with Crippen LogP contribution in [0.1, 0.15) is 16.5 Å². The van der Waals surface area contributed by atoms with Crippen LogP contribution in [0.4, 0.5) is 0 Å². The highest BCUT2D eigenvalue weighted by molar-refractivity contribution is 9.10. The van der Waals surface area contributed by atoms with Gasteiger partial charge in [0.2, 0.25) is 0 Å². The molecule has 0 saturated carbocycles. The van der Waals surface area contributed by atoms with Crippen molar-refractivity contribution in [2.75, 3.05) is 7.11 Å². The predicted octanol–water partition coefficient (Wildman–Crippen LogP) is 6.20. The fourth-order valence-corrected chi connectivity index (χ4v) is 3.46. The standard InChI is InChI=1S/C14H10Br2Cl2O/c1-19-13-3-2-8(6-12(13)16)14(18)9-4-10(15)7-11(17)5-9/h2-7,14H,1H3. The first-order chi connectivity index (χ1) is 9.01. The van der Waals surface area contributed by atoms with Crippen molar-refractivity contribution in [2.45, 2.75) is 5.38 Å². The van der Waals surface area contributed by atoms with Crippen LogP contribution < -0.4 is 4.74 Å². The highest BCUT2D eigenvalue weighted by atomic mass is 79.9. The SMILES string of the molecule is COc1ccc(C(Cl)c2cc(Cl)cc(Br)c2)cc1Br. The van der Waals surface area contributed by atoms with E-state index in [1.165, 1.54) is 0 Å². The highest BCUT2D eigenvalue weighted by Crippen LogP contribution is 2.36. The van der Waals surface area contributed by atoms with Crippen molar-refractivity contribution in [3.8, 4) is 5.75 Å². The van der Waals surface area contributed by atoms with Crippen molar-refractivity contribution < 1.29 is 4.74 Å². The van der Waals surface area contributed by atoms with Crippen LogP contribution in [0.3, 0.4) is 0 Å². The second-order valence-electron chi connectivity index (χ2n) is 3.96. The molecule has 100 valence electrons. The van der Waals surface area contributed by atoms with Gasteiger partial charge in [-0.15, -0.1) is 11.6 Å². The van der Waals surface area contributed by atoms with E-state index >= 15 is 0 Å². The summed E-state index contributed by atoms with van der Waals surface area (Å²) in [5.74, 6) is 0.778. The van der Waals surface area contributed by atoms with Gasteiger partial charge in [0.25, 0.3) is 0 Å². The van der Waals surface area contributed by atoms with Gasteiger partial charge in [-0.2, -0.15) is 0 Å². The van der Waals surface area contributed by atoms with E-state index in [2.05, 4.69) is 31.9 Å². The third-order valence-corrected chi connectivity index (χ3v) is 4.45. The summed E-state index contributed by atoms with van der Waals surface area (Å²) < 4.78 is 6.99. The molecular weight excluding hydrogens is 415 g/mol. The van der Waals surface area contributed by atoms with Crippen LogP contribution in [0.25, 0.3) is 0 Å². The largest absolute Gasteiger partial charge is 0.496 e. The monoisotopic (exact) mass is 422 g/mol. The van der Waals surface area contributed by atoms with E-state index in [4.69, 9.17) is 27.9 Å². The Labute approximate surface area is 139 Å². The molecule has 0 aliphatic rings. The Morgan fingerprint density at radius 1 is 1.05 bits per heavy atom. The van der Waals surface area contributed by atoms with Gasteiger partial charge in [0.1, 0.15) is 5.75 Å². The molecule has 0 bridgehead atoms. The third-order valence-electron chi connectivity index (χ3n) is 2.65. The van der Waals surface area contributed by atoms with Crippen molar-refractivity contribution in [3.05, 3.63) is 61.5 Å². The summed E-state index contributed by atoms with van der Waals surface area (Å²) in [7, 11) is 1.63. The van der Waals surface area contributed by atoms with Crippen LogP contribution >= 0.6 is 55.1 Å². The van der Waals surface area contributed by atoms with Gasteiger partial charge in [-0.25, -0.2) is 0 Å². The minimum Gasteiger partial charge on any atom is -0.496 e. The van der Waals surface area contributed by atoms with Crippen LogP contribution in [0.2, 0.25) is 5.02 Å². The molecule has 0 N–H and O–H groups in total. The topological polar surface area (TPSA) is 9.23 Å². The first-order valence-electron chi connectivity index (χ1n) is 5.44. The van der Waals surface area contributed by atoms with E-state index in [1.807, 2.05) is 36.4 Å². The minimum atomic E-state index is -0.266. The Morgan fingerprint density at radius 2 is 1.79 bits per heavy atom. The molecule has 0 amide bonds. The van der Waals surface area contributed by atoms with Crippen LogP contribution in [-0.4, -0.2) is 7.11 Å². The van der Waals surface area contributed by atoms with Crippen LogP contribution in [0.5, 0.6) is 5.75 Å². The Morgan fingerprint density at radius 3 is 2.37 bits per heavy atom. The van der Waals surface area contributed by atoms with Gasteiger partial charge >= 0.3 is 0 Å². The molecule has 0 spiro atoms. The minimum absolute atomic E-state index is 0.266. The summed E-state index contributed by atoms with van der Waals surface area (Å²) in [4.78, 5) is 0. The molecule has 2 rings (SSSR count). The summed E-state index contributed by atoms with van der Waals surface area (Å²) in [6.07, 6.45) is 0. The number of halogens is 4. The van der Waals surface area contributed by atoms with Gasteiger partial charge in [0, 0.05) is 9.50 Å². The summed E-state index contributed by atoms with van der Waals surface area (Å²) in [5, 5.41) is 0.389. The van der Waals surface area contributed by atoms with Gasteiger partial charge in [0.15, 0.2) is 0 Å². The van der Waals surface area contributed by atoms with Crippen molar-refractivity contribution in [3.63, 3.8) is 0 Å². The number of methoxy groups -OCH3 is 1. The molecule has 0 saturated heterocycles. The van der Waals surface area contributed by atoms with Crippen LogP contribution in [-0.2, 0) is 0 Å². The van der Waals surface area contributed by atoms with E-state index in [0.29, 0.717) is 5.02 Å². The smallest absolute Gasteiger partial charge is 0.133 e. The Balaban J connectivity index is 2.38. The molecule has 2 aromatic rings. The van der Waals surface area contributed by atoms with E-state index in [1.54, 1.807) is 7.11 Å². The van der Waals surface area contributed by atoms with Crippen molar-refractivity contribution >= 4 is 55.1 Å². The molecule has 19 heavy (non-hydrogen) atoms. The number of hydrogen-bond donors (Lipinski definition) is 0. The zero-order valence-electron chi connectivity index (χ0n) is 9.96. The fraction of sp³-hybridized carbons (Fsp3) is 0.143. The van der Waals surface area contributed by atoms with E-state index in [-0.39, 0.29) is 5.38 Å². The summed E-state index contributed by atoms with van der Waals surface area (Å²) in [5.41, 5.74) is 1.92. The first-order valence-corrected chi connectivity index (χ1v) is 7.85. The molecule has 5 heteroatoms. The molecule has 0 aromatic heterocycles. The lowest BCUT2D eigenvalue weighted by Crippen LogP contribution is -1.95. The van der Waals surface area contributed by atoms with Gasteiger partial charge in [0.05, 0.1) is 17.0 Å². The number of rotatable bonds is 3. The predicted molar refractivity (Wildman–Crippen MR) is 87.5 cm³/mol. The highest BCUT2D eigenvalue weighted by Gasteiger charge is 2.14. The maximum atomic E-state index is 6.50. The molecule has 1 unspecified atom stereocenters. The van der Waals surface area contributed by atoms with E-state index in [9.17, 15) is 0 Å². The van der Waals surface area contributed by atoms with Crippen molar-refractivity contribution in [1.82, 2.24) is 0 Å². The van der Waals surface area contributed by atoms with Gasteiger partial charge < -0.3 is 4.74 Å². The number of ether oxygens (including phenoxy) is 1. The summed E-state index contributed by atoms with van der Waals surface area (Å²) in [6.45, 7) is 0. The van der Waals surface area contributed by atoms with Gasteiger partial charge in [-0.3, -0.25) is 0 Å². The maximum absolute atomic E-state index is 6.50. The molecule has 2 aromatic carbocycles. The number of benzene rings is 2. The van der Waals surface area contributed by atoms with Crippen LogP contribution in [0, 0.1) is 0 Å². The second kappa shape index (κ2) is 6.49. The van der Waals surface area contributed by atoms with E-state index in [0.717, 1.165) is 25.8 Å². The lowest BCUT2D eigenvalue weighted by atomic mass is 10.0. The molecule has 0 heterocycles. The average Bonchev–Trinajstić information content (AvgIpc) is 2.36. The summed E-state index contributed by atoms with van der Waals surface area (Å²) in [6, 6.07) is 11.4. The maximum Gasteiger partial charge on any atom is 0.133 e. The van der Waals surface area contributed by atoms with Crippen molar-refractivity contribution in [2.24, 2.45) is 0 Å². The van der Waals surface area contributed by atoms with E-state index < -0.39 is 0 Å². The normalized spacial score (nSPS) is 12.3. The Hall–Kier alpha value is -0.220. The first kappa shape index (κ1) is 15.2. The Bertz CT molecular complexity index is 582. The van der Waals surface area contributed by atoms with Gasteiger partial charge in [-0.05, 0) is 57.4 Å². The molecule has 0 aliphatic heterocycles. The fourth-order valence-electron chi connectivity index (χ4n) is 1.75. The number of alkyl halides is 1.